The minimum Gasteiger partial charge on any atom is -0.483 e. The van der Waals surface area contributed by atoms with Gasteiger partial charge in [0.1, 0.15) is 5.75 Å². The van der Waals surface area contributed by atoms with Gasteiger partial charge >= 0.3 is 0 Å². The number of carbonyl (C=O) groups excluding carboxylic acids is 1. The first-order chi connectivity index (χ1) is 9.54. The number of nitrogens with one attached hydrogen (secondary N) is 1. The summed E-state index contributed by atoms with van der Waals surface area (Å²) in [5.41, 5.74) is 9.16. The minimum atomic E-state index is -0.190. The number of nitrogens with two attached hydrogens (primary N) is 1. The molecule has 0 unspecified atom stereocenters. The minimum absolute atomic E-state index is 0.0291. The molecular formula is C16H18N2O2. The van der Waals surface area contributed by atoms with Crippen LogP contribution >= 0.6 is 0 Å². The number of anilines is 2. The molecule has 0 aliphatic rings. The Morgan fingerprint density at radius 3 is 2.50 bits per heavy atom. The van der Waals surface area contributed by atoms with Crippen molar-refractivity contribution in [1.29, 1.82) is 0 Å². The molecule has 0 aliphatic carbocycles. The molecule has 0 radical (unpaired) electrons. The summed E-state index contributed by atoms with van der Waals surface area (Å²) in [5.74, 6) is 0.475. The lowest BCUT2D eigenvalue weighted by Gasteiger charge is -2.10. The number of benzene rings is 2. The van der Waals surface area contributed by atoms with Crippen LogP contribution in [0.4, 0.5) is 11.4 Å². The highest BCUT2D eigenvalue weighted by Gasteiger charge is 2.05. The highest BCUT2D eigenvalue weighted by Crippen LogP contribution is 2.20. The zero-order chi connectivity index (χ0) is 14.5. The van der Waals surface area contributed by atoms with E-state index < -0.39 is 0 Å². The summed E-state index contributed by atoms with van der Waals surface area (Å²) < 4.78 is 5.48. The van der Waals surface area contributed by atoms with Gasteiger partial charge in [-0.25, -0.2) is 0 Å². The van der Waals surface area contributed by atoms with Crippen LogP contribution in [0.2, 0.25) is 0 Å². The molecule has 3 N–H and O–H groups in total. The Balaban J connectivity index is 1.90. The Labute approximate surface area is 118 Å². The van der Waals surface area contributed by atoms with Crippen LogP contribution in [0, 0.1) is 13.8 Å². The van der Waals surface area contributed by atoms with Crippen molar-refractivity contribution in [1.82, 2.24) is 0 Å². The van der Waals surface area contributed by atoms with E-state index in [0.29, 0.717) is 11.4 Å². The molecule has 0 aromatic heterocycles. The second-order valence-electron chi connectivity index (χ2n) is 4.73. The molecule has 2 rings (SSSR count). The van der Waals surface area contributed by atoms with Gasteiger partial charge in [-0.3, -0.25) is 4.79 Å². The van der Waals surface area contributed by atoms with E-state index in [-0.39, 0.29) is 12.5 Å². The van der Waals surface area contributed by atoms with Crippen molar-refractivity contribution in [2.24, 2.45) is 0 Å². The molecule has 4 heteroatoms. The fourth-order valence-electron chi connectivity index (χ4n) is 1.81. The third kappa shape index (κ3) is 3.75. The summed E-state index contributed by atoms with van der Waals surface area (Å²) in [6.45, 7) is 3.86. The number of hydrogen-bond donors (Lipinski definition) is 2. The van der Waals surface area contributed by atoms with Gasteiger partial charge in [-0.1, -0.05) is 17.7 Å². The van der Waals surface area contributed by atoms with Gasteiger partial charge in [0.25, 0.3) is 5.91 Å². The van der Waals surface area contributed by atoms with Gasteiger partial charge in [-0.15, -0.1) is 0 Å². The molecule has 4 nitrogen and oxygen atoms in total. The van der Waals surface area contributed by atoms with Crippen LogP contribution in [-0.2, 0) is 4.79 Å². The zero-order valence-corrected chi connectivity index (χ0v) is 11.6. The molecule has 0 spiro atoms. The Morgan fingerprint density at radius 1 is 1.15 bits per heavy atom. The maximum Gasteiger partial charge on any atom is 0.262 e. The maximum atomic E-state index is 11.8. The molecule has 2 aromatic rings. The predicted molar refractivity (Wildman–Crippen MR) is 80.9 cm³/mol. The fourth-order valence-corrected chi connectivity index (χ4v) is 1.81. The van der Waals surface area contributed by atoms with Crippen molar-refractivity contribution >= 4 is 17.3 Å². The molecule has 0 fully saturated rings. The Morgan fingerprint density at radius 2 is 1.85 bits per heavy atom. The van der Waals surface area contributed by atoms with Crippen LogP contribution in [0.1, 0.15) is 11.1 Å². The molecule has 0 aliphatic heterocycles. The van der Waals surface area contributed by atoms with Gasteiger partial charge in [0, 0.05) is 11.4 Å². The quantitative estimate of drug-likeness (QED) is 0.840. The van der Waals surface area contributed by atoms with Crippen molar-refractivity contribution in [3.05, 3.63) is 53.6 Å². The largest absolute Gasteiger partial charge is 0.483 e. The summed E-state index contributed by atoms with van der Waals surface area (Å²) >= 11 is 0. The van der Waals surface area contributed by atoms with E-state index in [1.54, 1.807) is 12.1 Å². The number of hydrogen-bond acceptors (Lipinski definition) is 3. The number of amides is 1. The van der Waals surface area contributed by atoms with Crippen molar-refractivity contribution in [3.8, 4) is 5.75 Å². The van der Waals surface area contributed by atoms with E-state index >= 15 is 0 Å². The highest BCUT2D eigenvalue weighted by molar-refractivity contribution is 5.91. The first kappa shape index (κ1) is 13.9. The van der Waals surface area contributed by atoms with E-state index in [1.807, 2.05) is 44.2 Å². The lowest BCUT2D eigenvalue weighted by atomic mass is 10.2. The maximum absolute atomic E-state index is 11.8. The summed E-state index contributed by atoms with van der Waals surface area (Å²) in [7, 11) is 0. The lowest BCUT2D eigenvalue weighted by molar-refractivity contribution is -0.118. The van der Waals surface area contributed by atoms with Crippen molar-refractivity contribution in [2.75, 3.05) is 17.7 Å². The third-order valence-corrected chi connectivity index (χ3v) is 2.89. The fraction of sp³-hybridized carbons (Fsp3) is 0.188. The van der Waals surface area contributed by atoms with Crippen molar-refractivity contribution in [2.45, 2.75) is 13.8 Å². The molecule has 0 heterocycles. The molecule has 0 saturated heterocycles. The summed E-state index contributed by atoms with van der Waals surface area (Å²) in [6.07, 6.45) is 0. The molecule has 104 valence electrons. The Kier molecular flexibility index (Phi) is 4.25. The summed E-state index contributed by atoms with van der Waals surface area (Å²) in [4.78, 5) is 11.8. The van der Waals surface area contributed by atoms with Gasteiger partial charge in [0.15, 0.2) is 6.61 Å². The normalized spacial score (nSPS) is 10.1. The number of rotatable bonds is 4. The SMILES string of the molecule is Cc1ccc(NC(=O)COc2ccc(N)cc2C)cc1. The number of carbonyl (C=O) groups is 1. The van der Waals surface area contributed by atoms with E-state index in [2.05, 4.69) is 5.32 Å². The first-order valence-corrected chi connectivity index (χ1v) is 6.40. The monoisotopic (exact) mass is 270 g/mol. The van der Waals surface area contributed by atoms with Crippen LogP contribution in [0.15, 0.2) is 42.5 Å². The molecular weight excluding hydrogens is 252 g/mol. The molecule has 20 heavy (non-hydrogen) atoms. The van der Waals surface area contributed by atoms with Crippen LogP contribution in [-0.4, -0.2) is 12.5 Å². The van der Waals surface area contributed by atoms with E-state index in [9.17, 15) is 4.79 Å². The van der Waals surface area contributed by atoms with Gasteiger partial charge in [-0.05, 0) is 49.7 Å². The smallest absolute Gasteiger partial charge is 0.262 e. The van der Waals surface area contributed by atoms with E-state index in [0.717, 1.165) is 16.8 Å². The average molecular weight is 270 g/mol. The van der Waals surface area contributed by atoms with Crippen LogP contribution in [0.25, 0.3) is 0 Å². The predicted octanol–water partition coefficient (Wildman–Crippen LogP) is 2.90. The van der Waals surface area contributed by atoms with E-state index in [1.165, 1.54) is 0 Å². The highest BCUT2D eigenvalue weighted by atomic mass is 16.5. The first-order valence-electron chi connectivity index (χ1n) is 6.40. The second-order valence-corrected chi connectivity index (χ2v) is 4.73. The number of ether oxygens (including phenoxy) is 1. The topological polar surface area (TPSA) is 64.3 Å². The lowest BCUT2D eigenvalue weighted by Crippen LogP contribution is -2.20. The van der Waals surface area contributed by atoms with E-state index in [4.69, 9.17) is 10.5 Å². The summed E-state index contributed by atoms with van der Waals surface area (Å²) in [5, 5.41) is 2.78. The standard InChI is InChI=1S/C16H18N2O2/c1-11-3-6-14(7-4-11)18-16(19)10-20-15-8-5-13(17)9-12(15)2/h3-9H,10,17H2,1-2H3,(H,18,19). The average Bonchev–Trinajstić information content (AvgIpc) is 2.40. The van der Waals surface area contributed by atoms with Crippen molar-refractivity contribution < 1.29 is 9.53 Å². The second kappa shape index (κ2) is 6.10. The van der Waals surface area contributed by atoms with Crippen LogP contribution in [0.3, 0.4) is 0 Å². The molecule has 2 aromatic carbocycles. The molecule has 1 amide bonds. The van der Waals surface area contributed by atoms with Crippen molar-refractivity contribution in [3.63, 3.8) is 0 Å². The van der Waals surface area contributed by atoms with Gasteiger partial charge in [0.2, 0.25) is 0 Å². The number of nitrogen functional groups attached to an aromatic ring is 1. The molecule has 0 saturated carbocycles. The van der Waals surface area contributed by atoms with Crippen LogP contribution < -0.4 is 15.8 Å². The van der Waals surface area contributed by atoms with Crippen LogP contribution in [0.5, 0.6) is 5.75 Å². The Hall–Kier alpha value is -2.49. The summed E-state index contributed by atoms with van der Waals surface area (Å²) in [6, 6.07) is 12.9. The molecule has 0 bridgehead atoms. The van der Waals surface area contributed by atoms with Gasteiger partial charge in [0.05, 0.1) is 0 Å². The van der Waals surface area contributed by atoms with Gasteiger partial charge in [-0.2, -0.15) is 0 Å². The molecule has 0 atom stereocenters. The number of aryl methyl sites for hydroxylation is 2. The third-order valence-electron chi connectivity index (χ3n) is 2.89. The Bertz CT molecular complexity index is 606. The van der Waals surface area contributed by atoms with Gasteiger partial charge < -0.3 is 15.8 Å². The zero-order valence-electron chi connectivity index (χ0n) is 11.6.